The third-order valence-corrected chi connectivity index (χ3v) is 4.49. The molecule has 1 heterocycles. The molecule has 1 aliphatic rings. The molecule has 8 nitrogen and oxygen atoms in total. The zero-order chi connectivity index (χ0) is 21.0. The molecule has 0 saturated heterocycles. The van der Waals surface area contributed by atoms with Crippen molar-refractivity contribution in [2.45, 2.75) is 6.04 Å². The summed E-state index contributed by atoms with van der Waals surface area (Å²) in [6.45, 7) is 0. The van der Waals surface area contributed by atoms with E-state index in [1.807, 2.05) is 0 Å². The molecule has 2 aromatic rings. The Morgan fingerprint density at radius 1 is 0.966 bits per heavy atom. The molecule has 1 unspecified atom stereocenters. The van der Waals surface area contributed by atoms with E-state index in [1.165, 1.54) is 21.3 Å². The molecule has 0 radical (unpaired) electrons. The SMILES string of the molecule is COC(=O)C1=C(C(=O)c2ccccc2)C(c2ccc(OC)cc2OC)NC(=O)N1. The Balaban J connectivity index is 2.22. The second-order valence-corrected chi connectivity index (χ2v) is 6.11. The lowest BCUT2D eigenvalue weighted by atomic mass is 9.88. The van der Waals surface area contributed by atoms with Gasteiger partial charge in [-0.15, -0.1) is 0 Å². The van der Waals surface area contributed by atoms with Crippen molar-refractivity contribution in [3.63, 3.8) is 0 Å². The van der Waals surface area contributed by atoms with Crippen molar-refractivity contribution in [3.8, 4) is 11.5 Å². The highest BCUT2D eigenvalue weighted by atomic mass is 16.5. The van der Waals surface area contributed by atoms with Gasteiger partial charge in [0.1, 0.15) is 17.2 Å². The molecule has 2 aromatic carbocycles. The van der Waals surface area contributed by atoms with Gasteiger partial charge in [0.15, 0.2) is 5.78 Å². The zero-order valence-corrected chi connectivity index (χ0v) is 16.1. The number of methoxy groups -OCH3 is 3. The van der Waals surface area contributed by atoms with E-state index in [4.69, 9.17) is 14.2 Å². The van der Waals surface area contributed by atoms with E-state index in [2.05, 4.69) is 10.6 Å². The van der Waals surface area contributed by atoms with Crippen LogP contribution in [0.3, 0.4) is 0 Å². The van der Waals surface area contributed by atoms with Gasteiger partial charge in [0.25, 0.3) is 0 Å². The Hall–Kier alpha value is -3.81. The van der Waals surface area contributed by atoms with Crippen LogP contribution in [0.5, 0.6) is 11.5 Å². The number of hydrogen-bond donors (Lipinski definition) is 2. The van der Waals surface area contributed by atoms with Gasteiger partial charge in [-0.1, -0.05) is 30.3 Å². The molecule has 0 saturated carbocycles. The van der Waals surface area contributed by atoms with Crippen LogP contribution in [0.25, 0.3) is 0 Å². The first-order valence-corrected chi connectivity index (χ1v) is 8.71. The van der Waals surface area contributed by atoms with Gasteiger partial charge in [-0.25, -0.2) is 9.59 Å². The van der Waals surface area contributed by atoms with Crippen LogP contribution in [0.1, 0.15) is 22.0 Å². The molecule has 2 amide bonds. The summed E-state index contributed by atoms with van der Waals surface area (Å²) < 4.78 is 15.4. The Morgan fingerprint density at radius 3 is 2.31 bits per heavy atom. The minimum atomic E-state index is -0.939. The molecule has 2 N–H and O–H groups in total. The van der Waals surface area contributed by atoms with Gasteiger partial charge in [-0.2, -0.15) is 0 Å². The van der Waals surface area contributed by atoms with Gasteiger partial charge < -0.3 is 24.8 Å². The molecule has 1 atom stereocenters. The number of hydrogen-bond acceptors (Lipinski definition) is 6. The predicted molar refractivity (Wildman–Crippen MR) is 104 cm³/mol. The highest BCUT2D eigenvalue weighted by molar-refractivity contribution is 6.15. The summed E-state index contributed by atoms with van der Waals surface area (Å²) in [5, 5.41) is 5.09. The minimum absolute atomic E-state index is 0.0473. The number of rotatable bonds is 6. The lowest BCUT2D eigenvalue weighted by Gasteiger charge is -2.29. The molecule has 8 heteroatoms. The van der Waals surface area contributed by atoms with Gasteiger partial charge in [-0.05, 0) is 12.1 Å². The lowest BCUT2D eigenvalue weighted by Crippen LogP contribution is -2.47. The van der Waals surface area contributed by atoms with Crippen LogP contribution >= 0.6 is 0 Å². The summed E-state index contributed by atoms with van der Waals surface area (Å²) in [4.78, 5) is 37.9. The predicted octanol–water partition coefficient (Wildman–Crippen LogP) is 2.37. The number of urea groups is 1. The van der Waals surface area contributed by atoms with Crippen molar-refractivity contribution >= 4 is 17.8 Å². The number of esters is 1. The first-order chi connectivity index (χ1) is 14.0. The summed E-state index contributed by atoms with van der Waals surface area (Å²) in [6, 6.07) is 11.8. The summed E-state index contributed by atoms with van der Waals surface area (Å²) in [5.74, 6) is -0.323. The highest BCUT2D eigenvalue weighted by Gasteiger charge is 2.37. The van der Waals surface area contributed by atoms with Crippen LogP contribution in [-0.2, 0) is 9.53 Å². The number of nitrogens with one attached hydrogen (secondary N) is 2. The number of Topliss-reactive ketones (excluding diaryl/α,β-unsaturated/α-hetero) is 1. The normalized spacial score (nSPS) is 15.8. The summed E-state index contributed by atoms with van der Waals surface area (Å²) in [5.41, 5.74) is 0.683. The van der Waals surface area contributed by atoms with Crippen LogP contribution in [-0.4, -0.2) is 39.1 Å². The molecule has 0 aliphatic carbocycles. The maximum atomic E-state index is 13.3. The number of ether oxygens (including phenoxy) is 3. The number of carbonyl (C=O) groups excluding carboxylic acids is 3. The maximum Gasteiger partial charge on any atom is 0.355 e. The Labute approximate surface area is 167 Å². The Bertz CT molecular complexity index is 984. The van der Waals surface area contributed by atoms with E-state index in [0.29, 0.717) is 22.6 Å². The van der Waals surface area contributed by atoms with Gasteiger partial charge >= 0.3 is 12.0 Å². The topological polar surface area (TPSA) is 103 Å². The molecule has 150 valence electrons. The van der Waals surface area contributed by atoms with Gasteiger partial charge in [0.05, 0.1) is 32.9 Å². The lowest BCUT2D eigenvalue weighted by molar-refractivity contribution is -0.136. The molecule has 0 aromatic heterocycles. The van der Waals surface area contributed by atoms with Crippen molar-refractivity contribution in [1.29, 1.82) is 0 Å². The van der Waals surface area contributed by atoms with E-state index in [0.717, 1.165) is 0 Å². The van der Waals surface area contributed by atoms with Crippen molar-refractivity contribution in [1.82, 2.24) is 10.6 Å². The summed E-state index contributed by atoms with van der Waals surface area (Å²) in [6.07, 6.45) is 0. The van der Waals surface area contributed by atoms with E-state index in [9.17, 15) is 14.4 Å². The van der Waals surface area contributed by atoms with Gasteiger partial charge in [-0.3, -0.25) is 4.79 Å². The average Bonchev–Trinajstić information content (AvgIpc) is 2.77. The minimum Gasteiger partial charge on any atom is -0.497 e. The second kappa shape index (κ2) is 8.47. The fourth-order valence-electron chi connectivity index (χ4n) is 3.11. The third kappa shape index (κ3) is 3.91. The van der Waals surface area contributed by atoms with Crippen LogP contribution in [0.2, 0.25) is 0 Å². The average molecular weight is 396 g/mol. The summed E-state index contributed by atoms with van der Waals surface area (Å²) in [7, 11) is 4.16. The van der Waals surface area contributed by atoms with E-state index < -0.39 is 23.8 Å². The van der Waals surface area contributed by atoms with E-state index >= 15 is 0 Å². The molecule has 1 aliphatic heterocycles. The molecule has 0 bridgehead atoms. The highest BCUT2D eigenvalue weighted by Crippen LogP contribution is 2.36. The molecule has 0 spiro atoms. The number of carbonyl (C=O) groups is 3. The van der Waals surface area contributed by atoms with Crippen LogP contribution < -0.4 is 20.1 Å². The largest absolute Gasteiger partial charge is 0.497 e. The van der Waals surface area contributed by atoms with Crippen LogP contribution in [0.15, 0.2) is 59.8 Å². The zero-order valence-electron chi connectivity index (χ0n) is 16.1. The standard InChI is InChI=1S/C21H20N2O6/c1-27-13-9-10-14(15(11-13)28-2)17-16(19(24)12-7-5-4-6-8-12)18(20(25)29-3)23-21(26)22-17/h4-11,17H,1-3H3,(H2,22,23,26). The molecular formula is C21H20N2O6. The first kappa shape index (κ1) is 19.9. The molecule has 29 heavy (non-hydrogen) atoms. The van der Waals surface area contributed by atoms with Gasteiger partial charge in [0.2, 0.25) is 0 Å². The first-order valence-electron chi connectivity index (χ1n) is 8.71. The second-order valence-electron chi connectivity index (χ2n) is 6.11. The van der Waals surface area contributed by atoms with Crippen molar-refractivity contribution < 1.29 is 28.6 Å². The van der Waals surface area contributed by atoms with Crippen molar-refractivity contribution in [2.75, 3.05) is 21.3 Å². The number of benzene rings is 2. The third-order valence-electron chi connectivity index (χ3n) is 4.49. The smallest absolute Gasteiger partial charge is 0.355 e. The Kier molecular flexibility index (Phi) is 5.82. The van der Waals surface area contributed by atoms with E-state index in [1.54, 1.807) is 48.5 Å². The fraction of sp³-hybridized carbons (Fsp3) is 0.190. The fourth-order valence-corrected chi connectivity index (χ4v) is 3.11. The maximum absolute atomic E-state index is 13.3. The quantitative estimate of drug-likeness (QED) is 0.574. The molecule has 3 rings (SSSR count). The Morgan fingerprint density at radius 2 is 1.69 bits per heavy atom. The summed E-state index contributed by atoms with van der Waals surface area (Å²) >= 11 is 0. The van der Waals surface area contributed by atoms with E-state index in [-0.39, 0.29) is 11.3 Å². The number of amides is 2. The van der Waals surface area contributed by atoms with Crippen molar-refractivity contribution in [2.24, 2.45) is 0 Å². The number of ketones is 1. The molecule has 0 fully saturated rings. The van der Waals surface area contributed by atoms with Gasteiger partial charge in [0, 0.05) is 17.2 Å². The van der Waals surface area contributed by atoms with Crippen molar-refractivity contribution in [3.05, 3.63) is 70.9 Å². The van der Waals surface area contributed by atoms with Crippen LogP contribution in [0.4, 0.5) is 4.79 Å². The van der Waals surface area contributed by atoms with Crippen LogP contribution in [0, 0.1) is 0 Å². The molecular weight excluding hydrogens is 376 g/mol. The monoisotopic (exact) mass is 396 g/mol.